The highest BCUT2D eigenvalue weighted by Crippen LogP contribution is 2.26. The Morgan fingerprint density at radius 2 is 1.58 bits per heavy atom. The van der Waals surface area contributed by atoms with E-state index in [2.05, 4.69) is 26.6 Å². The summed E-state index contributed by atoms with van der Waals surface area (Å²) in [5.41, 5.74) is 5.49. The van der Waals surface area contributed by atoms with Gasteiger partial charge >= 0.3 is 0 Å². The maximum atomic E-state index is 13.9. The first-order chi connectivity index (χ1) is 21.6. The van der Waals surface area contributed by atoms with Gasteiger partial charge in [-0.3, -0.25) is 24.0 Å². The third-order valence-corrected chi connectivity index (χ3v) is 8.37. The Morgan fingerprint density at radius 3 is 2.13 bits per heavy atom. The van der Waals surface area contributed by atoms with E-state index in [4.69, 9.17) is 10.5 Å². The van der Waals surface area contributed by atoms with Crippen LogP contribution in [0, 0.1) is 11.8 Å². The van der Waals surface area contributed by atoms with Crippen LogP contribution in [-0.2, 0) is 28.7 Å². The Labute approximate surface area is 268 Å². The summed E-state index contributed by atoms with van der Waals surface area (Å²) in [6.45, 7) is 5.66. The quantitative estimate of drug-likeness (QED) is 0.0500. The number of amides is 5. The molecule has 8 N–H and O–H groups in total. The zero-order valence-electron chi connectivity index (χ0n) is 28.0. The molecule has 1 rings (SSSR count). The van der Waals surface area contributed by atoms with E-state index in [0.29, 0.717) is 32.2 Å². The Hall–Kier alpha value is -2.81. The number of hydrogen-bond acceptors (Lipinski definition) is 9. The number of carbonyl (C=O) groups is 5. The molecule has 0 aromatic heterocycles. The van der Waals surface area contributed by atoms with Crippen LogP contribution in [0.5, 0.6) is 0 Å². The number of likely N-dealkylation sites (N-methyl/N-ethyl adjacent to an activating group) is 2. The highest BCUT2D eigenvalue weighted by molar-refractivity contribution is 5.95. The van der Waals surface area contributed by atoms with Gasteiger partial charge in [0.25, 0.3) is 0 Å². The molecule has 260 valence electrons. The molecule has 0 aromatic carbocycles. The van der Waals surface area contributed by atoms with Crippen LogP contribution in [0.4, 0.5) is 0 Å². The minimum absolute atomic E-state index is 0.0515. The fourth-order valence-electron chi connectivity index (χ4n) is 5.46. The number of hydrogen-bond donors (Lipinski definition) is 7. The van der Waals surface area contributed by atoms with Crippen LogP contribution in [0.2, 0.25) is 0 Å². The second kappa shape index (κ2) is 22.7. The molecule has 1 fully saturated rings. The summed E-state index contributed by atoms with van der Waals surface area (Å²) >= 11 is 0. The molecule has 0 heterocycles. The number of rotatable bonds is 21. The van der Waals surface area contributed by atoms with E-state index in [1.54, 1.807) is 14.1 Å². The lowest BCUT2D eigenvalue weighted by Gasteiger charge is -2.33. The summed E-state index contributed by atoms with van der Waals surface area (Å²) in [7, 11) is 3.26. The average molecular weight is 642 g/mol. The molecule has 1 saturated carbocycles. The monoisotopic (exact) mass is 641 g/mol. The summed E-state index contributed by atoms with van der Waals surface area (Å²) in [6.07, 6.45) is 7.72. The number of nitrogens with zero attached hydrogens (tertiary/aromatic N) is 1. The van der Waals surface area contributed by atoms with Crippen molar-refractivity contribution in [2.75, 3.05) is 47.1 Å². The van der Waals surface area contributed by atoms with Gasteiger partial charge in [-0.15, -0.1) is 0 Å². The van der Waals surface area contributed by atoms with Crippen molar-refractivity contribution in [1.82, 2.24) is 31.5 Å². The topological polar surface area (TPSA) is 204 Å². The van der Waals surface area contributed by atoms with Gasteiger partial charge in [-0.25, -0.2) is 0 Å². The van der Waals surface area contributed by atoms with Crippen LogP contribution in [0.25, 0.3) is 0 Å². The Morgan fingerprint density at radius 1 is 0.933 bits per heavy atom. The van der Waals surface area contributed by atoms with Crippen LogP contribution >= 0.6 is 0 Å². The summed E-state index contributed by atoms with van der Waals surface area (Å²) in [6, 6.07) is -3.85. The fourth-order valence-corrected chi connectivity index (χ4v) is 5.46. The fraction of sp³-hybridized carbons (Fsp3) is 0.839. The second-order valence-electron chi connectivity index (χ2n) is 11.9. The molecule has 14 nitrogen and oxygen atoms in total. The van der Waals surface area contributed by atoms with E-state index in [1.807, 2.05) is 20.8 Å². The van der Waals surface area contributed by atoms with Crippen molar-refractivity contribution >= 4 is 29.5 Å². The molecule has 0 bridgehead atoms. The lowest BCUT2D eigenvalue weighted by molar-refractivity contribution is -0.143. The van der Waals surface area contributed by atoms with Crippen LogP contribution in [0.1, 0.15) is 85.0 Å². The number of nitrogens with two attached hydrogens (primary N) is 1. The predicted molar refractivity (Wildman–Crippen MR) is 172 cm³/mol. The molecular formula is C31H59N7O7. The van der Waals surface area contributed by atoms with Crippen LogP contribution in [-0.4, -0.2) is 111 Å². The molecule has 5 atom stereocenters. The van der Waals surface area contributed by atoms with E-state index in [9.17, 15) is 29.1 Å². The van der Waals surface area contributed by atoms with Gasteiger partial charge in [0.2, 0.25) is 29.5 Å². The number of nitrogens with one attached hydrogen (secondary N) is 5. The largest absolute Gasteiger partial charge is 0.379 e. The molecule has 5 amide bonds. The molecule has 0 spiro atoms. The number of carbonyl (C=O) groups excluding carboxylic acids is 5. The molecule has 0 saturated heterocycles. The van der Waals surface area contributed by atoms with E-state index >= 15 is 0 Å². The summed E-state index contributed by atoms with van der Waals surface area (Å²) in [5, 5.41) is 22.7. The molecule has 1 aliphatic rings. The maximum Gasteiger partial charge on any atom is 0.246 e. The lowest BCUT2D eigenvalue weighted by atomic mass is 9.90. The van der Waals surface area contributed by atoms with Gasteiger partial charge in [0.05, 0.1) is 6.61 Å². The SMILES string of the molecule is CCCC(C(=O)NC(C(=O)NC(CNC)C(=O)NC(COCCCN)C(=O)NCO)C1CCCCCC1)N(C)C(=O)C(C)CC. The molecule has 0 aromatic rings. The molecular weight excluding hydrogens is 582 g/mol. The maximum absolute atomic E-state index is 13.9. The smallest absolute Gasteiger partial charge is 0.246 e. The van der Waals surface area contributed by atoms with Crippen molar-refractivity contribution in [2.45, 2.75) is 109 Å². The molecule has 0 aliphatic heterocycles. The van der Waals surface area contributed by atoms with E-state index < -0.39 is 54.5 Å². The summed E-state index contributed by atoms with van der Waals surface area (Å²) < 4.78 is 5.48. The predicted octanol–water partition coefficient (Wildman–Crippen LogP) is -0.265. The van der Waals surface area contributed by atoms with Crippen LogP contribution in [0.3, 0.4) is 0 Å². The first-order valence-corrected chi connectivity index (χ1v) is 16.5. The molecule has 0 radical (unpaired) electrons. The summed E-state index contributed by atoms with van der Waals surface area (Å²) in [4.78, 5) is 68.1. The van der Waals surface area contributed by atoms with Gasteiger partial charge in [0, 0.05) is 26.1 Å². The van der Waals surface area contributed by atoms with Gasteiger partial charge in [0.1, 0.15) is 30.9 Å². The average Bonchev–Trinajstić information content (AvgIpc) is 3.31. The van der Waals surface area contributed by atoms with Crippen molar-refractivity contribution in [3.63, 3.8) is 0 Å². The number of aliphatic hydroxyl groups excluding tert-OH is 1. The van der Waals surface area contributed by atoms with Crippen molar-refractivity contribution in [3.8, 4) is 0 Å². The van der Waals surface area contributed by atoms with Crippen molar-refractivity contribution in [1.29, 1.82) is 0 Å². The van der Waals surface area contributed by atoms with Gasteiger partial charge < -0.3 is 47.1 Å². The van der Waals surface area contributed by atoms with Gasteiger partial charge in [-0.05, 0) is 51.6 Å². The first kappa shape index (κ1) is 40.2. The van der Waals surface area contributed by atoms with Gasteiger partial charge in [-0.1, -0.05) is 52.9 Å². The normalized spacial score (nSPS) is 17.1. The molecule has 5 unspecified atom stereocenters. The van der Waals surface area contributed by atoms with Crippen molar-refractivity contribution in [3.05, 3.63) is 0 Å². The van der Waals surface area contributed by atoms with Gasteiger partial charge in [0.15, 0.2) is 0 Å². The van der Waals surface area contributed by atoms with Crippen molar-refractivity contribution in [2.24, 2.45) is 17.6 Å². The van der Waals surface area contributed by atoms with Crippen LogP contribution < -0.4 is 32.3 Å². The second-order valence-corrected chi connectivity index (χ2v) is 11.9. The highest BCUT2D eigenvalue weighted by atomic mass is 16.5. The zero-order valence-corrected chi connectivity index (χ0v) is 28.0. The van der Waals surface area contributed by atoms with Gasteiger partial charge in [-0.2, -0.15) is 0 Å². The summed E-state index contributed by atoms with van der Waals surface area (Å²) in [5.74, 6) is -2.69. The van der Waals surface area contributed by atoms with Crippen molar-refractivity contribution < 1.29 is 33.8 Å². The lowest BCUT2D eigenvalue weighted by Crippen LogP contribution is -2.62. The van der Waals surface area contributed by atoms with E-state index in [1.165, 1.54) is 4.90 Å². The van der Waals surface area contributed by atoms with E-state index in [0.717, 1.165) is 38.5 Å². The minimum Gasteiger partial charge on any atom is -0.379 e. The standard InChI is InChI=1S/C31H59N7O7/c1-6-13-25(38(5)31(44)21(3)7-2)29(42)37-26(22-14-10-8-9-11-15-22)30(43)35-23(18-33-4)28(41)36-24(27(40)34-20-39)19-45-17-12-16-32/h21-26,33,39H,6-20,32H2,1-5H3,(H,34,40)(H,35,43)(H,36,41)(H,37,42). The van der Waals surface area contributed by atoms with E-state index in [-0.39, 0.29) is 37.5 Å². The molecule has 45 heavy (non-hydrogen) atoms. The molecule has 1 aliphatic carbocycles. The third kappa shape index (κ3) is 14.0. The number of aliphatic hydroxyl groups is 1. The Balaban J connectivity index is 3.22. The minimum atomic E-state index is -1.12. The third-order valence-electron chi connectivity index (χ3n) is 8.37. The zero-order chi connectivity index (χ0) is 33.8. The Kier molecular flexibility index (Phi) is 20.2. The Bertz CT molecular complexity index is 915. The first-order valence-electron chi connectivity index (χ1n) is 16.5. The molecule has 14 heteroatoms. The van der Waals surface area contributed by atoms with Crippen LogP contribution in [0.15, 0.2) is 0 Å². The highest BCUT2D eigenvalue weighted by Gasteiger charge is 2.36. The number of ether oxygens (including phenoxy) is 1.